The van der Waals surface area contributed by atoms with Gasteiger partial charge in [0.15, 0.2) is 11.0 Å². The van der Waals surface area contributed by atoms with E-state index in [1.165, 1.54) is 32.1 Å². The molecule has 1 aromatic carbocycles. The Morgan fingerprint density at radius 1 is 1.03 bits per heavy atom. The average molecular weight is 420 g/mol. The first-order valence-corrected chi connectivity index (χ1v) is 11.4. The molecular formula is C23H25N5OS. The predicted molar refractivity (Wildman–Crippen MR) is 119 cm³/mol. The second kappa shape index (κ2) is 8.52. The van der Waals surface area contributed by atoms with E-state index in [0.717, 1.165) is 39.4 Å². The molecule has 0 saturated heterocycles. The molecule has 1 aliphatic rings. The molecule has 4 aromatic rings. The predicted octanol–water partition coefficient (Wildman–Crippen LogP) is 5.40. The van der Waals surface area contributed by atoms with Crippen molar-refractivity contribution in [3.8, 4) is 17.1 Å². The van der Waals surface area contributed by atoms with E-state index in [2.05, 4.69) is 37.5 Å². The molecule has 1 aliphatic carbocycles. The fourth-order valence-corrected chi connectivity index (χ4v) is 5.07. The molecule has 0 amide bonds. The quantitative estimate of drug-likeness (QED) is 0.392. The van der Waals surface area contributed by atoms with Gasteiger partial charge in [-0.25, -0.2) is 4.98 Å². The molecule has 154 valence electrons. The molecule has 1 fully saturated rings. The molecule has 3 heterocycles. The van der Waals surface area contributed by atoms with Crippen molar-refractivity contribution in [1.29, 1.82) is 0 Å². The van der Waals surface area contributed by atoms with Crippen LogP contribution in [0.1, 0.15) is 43.8 Å². The number of fused-ring (bicyclic) bond motifs is 1. The summed E-state index contributed by atoms with van der Waals surface area (Å²) in [5.74, 6) is 2.57. The number of nitrogens with zero attached hydrogens (tertiary/aromatic N) is 5. The third kappa shape index (κ3) is 3.81. The third-order valence-corrected chi connectivity index (χ3v) is 6.69. The Kier molecular flexibility index (Phi) is 5.45. The van der Waals surface area contributed by atoms with Gasteiger partial charge in [-0.3, -0.25) is 4.57 Å². The molecule has 1 saturated carbocycles. The van der Waals surface area contributed by atoms with E-state index in [-0.39, 0.29) is 0 Å². The van der Waals surface area contributed by atoms with Gasteiger partial charge in [-0.2, -0.15) is 0 Å². The summed E-state index contributed by atoms with van der Waals surface area (Å²) in [6.45, 7) is 0. The van der Waals surface area contributed by atoms with Crippen LogP contribution in [0.15, 0.2) is 60.0 Å². The standard InChI is InChI=1S/C23H25N5OS/c1-29-20-12-10-17(11-13-20)22-25-26-23(28(22)19-7-3-2-4-8-19)30-16-18-15-27-14-6-5-9-21(27)24-18/h5-6,9-15,19H,2-4,7-8,16H2,1H3. The maximum Gasteiger partial charge on any atom is 0.192 e. The fourth-order valence-electron chi connectivity index (χ4n) is 4.18. The maximum atomic E-state index is 5.31. The lowest BCUT2D eigenvalue weighted by Gasteiger charge is -2.25. The van der Waals surface area contributed by atoms with Gasteiger partial charge in [0.05, 0.1) is 12.8 Å². The van der Waals surface area contributed by atoms with Crippen molar-refractivity contribution in [2.24, 2.45) is 0 Å². The van der Waals surface area contributed by atoms with Gasteiger partial charge >= 0.3 is 0 Å². The zero-order valence-electron chi connectivity index (χ0n) is 17.1. The van der Waals surface area contributed by atoms with E-state index in [0.29, 0.717) is 6.04 Å². The fraction of sp³-hybridized carbons (Fsp3) is 0.348. The molecule has 0 bridgehead atoms. The Morgan fingerprint density at radius 3 is 2.63 bits per heavy atom. The number of ether oxygens (including phenoxy) is 1. The summed E-state index contributed by atoms with van der Waals surface area (Å²) in [6.07, 6.45) is 10.3. The number of benzene rings is 1. The van der Waals surface area contributed by atoms with E-state index in [1.807, 2.05) is 36.5 Å². The molecule has 0 unspecified atom stereocenters. The van der Waals surface area contributed by atoms with Crippen molar-refractivity contribution < 1.29 is 4.74 Å². The van der Waals surface area contributed by atoms with Crippen molar-refractivity contribution in [1.82, 2.24) is 24.1 Å². The molecule has 3 aromatic heterocycles. The van der Waals surface area contributed by atoms with Gasteiger partial charge in [0.25, 0.3) is 0 Å². The first-order valence-electron chi connectivity index (χ1n) is 10.5. The topological polar surface area (TPSA) is 57.2 Å². The van der Waals surface area contributed by atoms with E-state index >= 15 is 0 Å². The number of rotatable bonds is 6. The van der Waals surface area contributed by atoms with Crippen LogP contribution in [0.2, 0.25) is 0 Å². The maximum absolute atomic E-state index is 5.31. The highest BCUT2D eigenvalue weighted by molar-refractivity contribution is 7.98. The summed E-state index contributed by atoms with van der Waals surface area (Å²) in [6, 6.07) is 14.6. The third-order valence-electron chi connectivity index (χ3n) is 5.72. The second-order valence-electron chi connectivity index (χ2n) is 7.68. The van der Waals surface area contributed by atoms with Crippen LogP contribution in [0.3, 0.4) is 0 Å². The number of pyridine rings is 1. The summed E-state index contributed by atoms with van der Waals surface area (Å²) < 4.78 is 9.74. The molecule has 30 heavy (non-hydrogen) atoms. The SMILES string of the molecule is COc1ccc(-c2nnc(SCc3cn4ccccc4n3)n2C2CCCCC2)cc1. The summed E-state index contributed by atoms with van der Waals surface area (Å²) in [4.78, 5) is 4.72. The molecule has 0 N–H and O–H groups in total. The van der Waals surface area contributed by atoms with Crippen LogP contribution in [0.4, 0.5) is 0 Å². The van der Waals surface area contributed by atoms with E-state index < -0.39 is 0 Å². The highest BCUT2D eigenvalue weighted by atomic mass is 32.2. The monoisotopic (exact) mass is 419 g/mol. The van der Waals surface area contributed by atoms with E-state index in [4.69, 9.17) is 9.72 Å². The lowest BCUT2D eigenvalue weighted by Crippen LogP contribution is -2.15. The summed E-state index contributed by atoms with van der Waals surface area (Å²) >= 11 is 1.72. The van der Waals surface area contributed by atoms with Crippen LogP contribution in [0, 0.1) is 0 Å². The van der Waals surface area contributed by atoms with E-state index in [1.54, 1.807) is 18.9 Å². The Hall–Kier alpha value is -2.80. The average Bonchev–Trinajstić information content (AvgIpc) is 3.42. The van der Waals surface area contributed by atoms with Crippen molar-refractivity contribution in [3.63, 3.8) is 0 Å². The molecule has 6 nitrogen and oxygen atoms in total. The van der Waals surface area contributed by atoms with Gasteiger partial charge < -0.3 is 9.14 Å². The number of imidazole rings is 1. The number of methoxy groups -OCH3 is 1. The van der Waals surface area contributed by atoms with Gasteiger partial charge in [0.2, 0.25) is 0 Å². The Labute approximate surface area is 180 Å². The molecule has 0 spiro atoms. The molecule has 5 rings (SSSR count). The van der Waals surface area contributed by atoms with Crippen LogP contribution >= 0.6 is 11.8 Å². The zero-order valence-corrected chi connectivity index (χ0v) is 17.9. The number of aromatic nitrogens is 5. The van der Waals surface area contributed by atoms with E-state index in [9.17, 15) is 0 Å². The van der Waals surface area contributed by atoms with Crippen molar-refractivity contribution in [2.75, 3.05) is 7.11 Å². The van der Waals surface area contributed by atoms with Gasteiger partial charge in [-0.1, -0.05) is 37.1 Å². The summed E-state index contributed by atoms with van der Waals surface area (Å²) in [7, 11) is 1.69. The van der Waals surface area contributed by atoms with Crippen molar-refractivity contribution >= 4 is 17.4 Å². The minimum atomic E-state index is 0.453. The summed E-state index contributed by atoms with van der Waals surface area (Å²) in [5.41, 5.74) is 3.10. The summed E-state index contributed by atoms with van der Waals surface area (Å²) in [5, 5.41) is 10.2. The lowest BCUT2D eigenvalue weighted by molar-refractivity contribution is 0.339. The second-order valence-corrected chi connectivity index (χ2v) is 8.63. The Bertz CT molecular complexity index is 1100. The normalized spacial score (nSPS) is 15.0. The van der Waals surface area contributed by atoms with Crippen LogP contribution in [0.25, 0.3) is 17.0 Å². The first-order chi connectivity index (χ1) is 14.8. The van der Waals surface area contributed by atoms with Gasteiger partial charge in [-0.15, -0.1) is 10.2 Å². The molecule has 0 radical (unpaired) electrons. The molecular weight excluding hydrogens is 394 g/mol. The van der Waals surface area contributed by atoms with Gasteiger partial charge in [0, 0.05) is 29.8 Å². The largest absolute Gasteiger partial charge is 0.497 e. The minimum absolute atomic E-state index is 0.453. The minimum Gasteiger partial charge on any atom is -0.497 e. The van der Waals surface area contributed by atoms with Crippen LogP contribution < -0.4 is 4.74 Å². The highest BCUT2D eigenvalue weighted by Gasteiger charge is 2.24. The zero-order chi connectivity index (χ0) is 20.3. The lowest BCUT2D eigenvalue weighted by atomic mass is 9.95. The Balaban J connectivity index is 1.45. The molecule has 0 atom stereocenters. The number of hydrogen-bond acceptors (Lipinski definition) is 5. The number of thioether (sulfide) groups is 1. The first kappa shape index (κ1) is 19.2. The van der Waals surface area contributed by atoms with Crippen LogP contribution in [-0.2, 0) is 5.75 Å². The van der Waals surface area contributed by atoms with Gasteiger partial charge in [-0.05, 0) is 49.2 Å². The Morgan fingerprint density at radius 2 is 1.87 bits per heavy atom. The molecule has 0 aliphatic heterocycles. The smallest absolute Gasteiger partial charge is 0.192 e. The molecule has 7 heteroatoms. The highest BCUT2D eigenvalue weighted by Crippen LogP contribution is 2.36. The van der Waals surface area contributed by atoms with Crippen LogP contribution in [-0.4, -0.2) is 31.3 Å². The number of hydrogen-bond donors (Lipinski definition) is 0. The van der Waals surface area contributed by atoms with Gasteiger partial charge in [0.1, 0.15) is 11.4 Å². The van der Waals surface area contributed by atoms with Crippen molar-refractivity contribution in [3.05, 3.63) is 60.6 Å². The van der Waals surface area contributed by atoms with Crippen LogP contribution in [0.5, 0.6) is 5.75 Å². The van der Waals surface area contributed by atoms with Crippen molar-refractivity contribution in [2.45, 2.75) is 49.1 Å².